The Morgan fingerprint density at radius 2 is 1.92 bits per heavy atom. The van der Waals surface area contributed by atoms with Gasteiger partial charge in [0.15, 0.2) is 0 Å². The fraction of sp³-hybridized carbons (Fsp3) is 0.304. The zero-order valence-electron chi connectivity index (χ0n) is 15.8. The van der Waals surface area contributed by atoms with Crippen LogP contribution in [0.1, 0.15) is 43.0 Å². The lowest BCUT2D eigenvalue weighted by atomic mass is 10.0. The van der Waals surface area contributed by atoms with Gasteiger partial charge >= 0.3 is 0 Å². The number of nitrogens with one attached hydrogen (secondary N) is 2. The molecule has 0 aliphatic heterocycles. The third-order valence-electron chi connectivity index (χ3n) is 4.21. The zero-order chi connectivity index (χ0) is 19.1. The predicted octanol–water partition coefficient (Wildman–Crippen LogP) is 5.20. The van der Waals surface area contributed by atoms with Crippen LogP contribution in [0.5, 0.6) is 0 Å². The molecule has 0 aliphatic carbocycles. The molecule has 0 aliphatic rings. The van der Waals surface area contributed by atoms with Crippen molar-refractivity contribution in [2.45, 2.75) is 33.7 Å². The molecule has 26 heavy (non-hydrogen) atoms. The average Bonchev–Trinajstić information content (AvgIpc) is 2.64. The number of terminal acetylenes is 1. The normalized spacial score (nSPS) is 10.5. The van der Waals surface area contributed by atoms with E-state index in [1.54, 1.807) is 6.07 Å². The molecule has 136 valence electrons. The first-order chi connectivity index (χ1) is 12.4. The number of halogens is 1. The third-order valence-corrected chi connectivity index (χ3v) is 4.21. The van der Waals surface area contributed by atoms with Gasteiger partial charge in [-0.2, -0.15) is 0 Å². The molecule has 2 rings (SSSR count). The fourth-order valence-electron chi connectivity index (χ4n) is 2.62. The number of aryl methyl sites for hydroxylation is 1. The average molecular weight is 350 g/mol. The zero-order valence-corrected chi connectivity index (χ0v) is 15.8. The van der Waals surface area contributed by atoms with Crippen LogP contribution in [0.2, 0.25) is 0 Å². The summed E-state index contributed by atoms with van der Waals surface area (Å²) in [5, 5.41) is 6.79. The summed E-state index contributed by atoms with van der Waals surface area (Å²) in [7, 11) is 0. The lowest BCUT2D eigenvalue weighted by Crippen LogP contribution is -2.15. The van der Waals surface area contributed by atoms with Gasteiger partial charge in [0.05, 0.1) is 5.56 Å². The molecule has 0 aromatic heterocycles. The Labute approximate surface area is 156 Å². The van der Waals surface area contributed by atoms with Crippen molar-refractivity contribution < 1.29 is 4.39 Å². The lowest BCUT2D eigenvalue weighted by Gasteiger charge is -2.18. The second kappa shape index (κ2) is 9.10. The first-order valence-corrected chi connectivity index (χ1v) is 8.99. The van der Waals surface area contributed by atoms with Gasteiger partial charge in [0, 0.05) is 30.0 Å². The van der Waals surface area contributed by atoms with Gasteiger partial charge in [-0.1, -0.05) is 45.4 Å². The highest BCUT2D eigenvalue weighted by molar-refractivity contribution is 5.74. The second-order valence-electron chi connectivity index (χ2n) is 6.80. The molecule has 3 heteroatoms. The Bertz CT molecular complexity index is 815. The number of rotatable bonds is 8. The summed E-state index contributed by atoms with van der Waals surface area (Å²) in [4.78, 5) is 0. The molecular formula is C23H27FN2. The van der Waals surface area contributed by atoms with E-state index in [2.05, 4.69) is 62.1 Å². The number of anilines is 1. The standard InChI is InChI=1S/C23H27FN2/c1-6-18-9-11-23(26-14-16(3)4)21(12-18)17(5)25-15-19-8-10-20(7-2)22(24)13-19/h2,8-13,16,25-26H,5-6,14-15H2,1,3-4H3. The summed E-state index contributed by atoms with van der Waals surface area (Å²) in [6.45, 7) is 12.0. The quantitative estimate of drug-likeness (QED) is 0.640. The van der Waals surface area contributed by atoms with Gasteiger partial charge < -0.3 is 10.6 Å². The van der Waals surface area contributed by atoms with E-state index < -0.39 is 0 Å². The van der Waals surface area contributed by atoms with Crippen LogP contribution >= 0.6 is 0 Å². The molecule has 0 amide bonds. The van der Waals surface area contributed by atoms with E-state index in [9.17, 15) is 4.39 Å². The number of hydrogen-bond acceptors (Lipinski definition) is 2. The van der Waals surface area contributed by atoms with E-state index in [4.69, 9.17) is 6.42 Å². The minimum Gasteiger partial charge on any atom is -0.384 e. The summed E-state index contributed by atoms with van der Waals surface area (Å²) in [6, 6.07) is 11.3. The van der Waals surface area contributed by atoms with Crippen LogP contribution in [0, 0.1) is 24.1 Å². The van der Waals surface area contributed by atoms with Gasteiger partial charge in [0.2, 0.25) is 0 Å². The Kier molecular flexibility index (Phi) is 6.86. The molecule has 0 spiro atoms. The molecule has 2 aromatic rings. The van der Waals surface area contributed by atoms with E-state index in [1.807, 2.05) is 6.07 Å². The number of hydrogen-bond donors (Lipinski definition) is 2. The molecule has 0 saturated carbocycles. The van der Waals surface area contributed by atoms with Crippen LogP contribution in [0.4, 0.5) is 10.1 Å². The van der Waals surface area contributed by atoms with Gasteiger partial charge in [-0.25, -0.2) is 4.39 Å². The summed E-state index contributed by atoms with van der Waals surface area (Å²) < 4.78 is 13.8. The highest BCUT2D eigenvalue weighted by atomic mass is 19.1. The van der Waals surface area contributed by atoms with Gasteiger partial charge in [0.1, 0.15) is 5.82 Å². The largest absolute Gasteiger partial charge is 0.384 e. The summed E-state index contributed by atoms with van der Waals surface area (Å²) in [6.07, 6.45) is 6.23. The summed E-state index contributed by atoms with van der Waals surface area (Å²) >= 11 is 0. The van der Waals surface area contributed by atoms with Crippen molar-refractivity contribution in [3.63, 3.8) is 0 Å². The smallest absolute Gasteiger partial charge is 0.139 e. The summed E-state index contributed by atoms with van der Waals surface area (Å²) in [5.41, 5.74) is 5.28. The van der Waals surface area contributed by atoms with Crippen molar-refractivity contribution in [1.29, 1.82) is 0 Å². The molecule has 0 atom stereocenters. The van der Waals surface area contributed by atoms with Crippen molar-refractivity contribution >= 4 is 11.4 Å². The highest BCUT2D eigenvalue weighted by Gasteiger charge is 2.09. The molecule has 2 aromatic carbocycles. The maximum Gasteiger partial charge on any atom is 0.139 e. The Balaban J connectivity index is 2.14. The van der Waals surface area contributed by atoms with Gasteiger partial charge in [-0.05, 0) is 47.7 Å². The second-order valence-corrected chi connectivity index (χ2v) is 6.80. The minimum absolute atomic E-state index is 0.281. The van der Waals surface area contributed by atoms with Crippen LogP contribution in [0.15, 0.2) is 43.0 Å². The van der Waals surface area contributed by atoms with Crippen LogP contribution < -0.4 is 10.6 Å². The lowest BCUT2D eigenvalue weighted by molar-refractivity contribution is 0.621. The Morgan fingerprint density at radius 3 is 2.54 bits per heavy atom. The minimum atomic E-state index is -0.371. The van der Waals surface area contributed by atoms with Crippen molar-refractivity contribution in [3.05, 3.63) is 71.0 Å². The van der Waals surface area contributed by atoms with Gasteiger partial charge in [-0.3, -0.25) is 0 Å². The van der Waals surface area contributed by atoms with E-state index in [0.717, 1.165) is 35.5 Å². The van der Waals surface area contributed by atoms with E-state index >= 15 is 0 Å². The molecular weight excluding hydrogens is 323 g/mol. The topological polar surface area (TPSA) is 24.1 Å². The third kappa shape index (κ3) is 5.13. The Hall–Kier alpha value is -2.73. The van der Waals surface area contributed by atoms with Gasteiger partial charge in [0.25, 0.3) is 0 Å². The molecule has 0 saturated heterocycles. The molecule has 0 heterocycles. The van der Waals surface area contributed by atoms with E-state index in [1.165, 1.54) is 11.6 Å². The molecule has 0 unspecified atom stereocenters. The van der Waals surface area contributed by atoms with Crippen LogP contribution in [0.3, 0.4) is 0 Å². The molecule has 2 nitrogen and oxygen atoms in total. The van der Waals surface area contributed by atoms with Crippen molar-refractivity contribution in [2.75, 3.05) is 11.9 Å². The van der Waals surface area contributed by atoms with Crippen LogP contribution in [0.25, 0.3) is 5.70 Å². The van der Waals surface area contributed by atoms with E-state index in [0.29, 0.717) is 12.5 Å². The number of benzene rings is 2. The summed E-state index contributed by atoms with van der Waals surface area (Å²) in [5.74, 6) is 2.51. The molecule has 2 N–H and O–H groups in total. The van der Waals surface area contributed by atoms with Crippen molar-refractivity contribution in [1.82, 2.24) is 5.32 Å². The maximum absolute atomic E-state index is 13.8. The molecule has 0 fully saturated rings. The van der Waals surface area contributed by atoms with Crippen molar-refractivity contribution in [2.24, 2.45) is 5.92 Å². The van der Waals surface area contributed by atoms with Crippen LogP contribution in [-0.4, -0.2) is 6.54 Å². The molecule has 0 bridgehead atoms. The van der Waals surface area contributed by atoms with Gasteiger partial charge in [-0.15, -0.1) is 6.42 Å². The SMILES string of the molecule is C#Cc1ccc(CNC(=C)c2cc(CC)ccc2NCC(C)C)cc1F. The highest BCUT2D eigenvalue weighted by Crippen LogP contribution is 2.24. The predicted molar refractivity (Wildman–Crippen MR) is 109 cm³/mol. The first-order valence-electron chi connectivity index (χ1n) is 8.99. The Morgan fingerprint density at radius 1 is 1.19 bits per heavy atom. The maximum atomic E-state index is 13.8. The molecule has 0 radical (unpaired) electrons. The fourth-order valence-corrected chi connectivity index (χ4v) is 2.62. The van der Waals surface area contributed by atoms with E-state index in [-0.39, 0.29) is 11.4 Å². The van der Waals surface area contributed by atoms with Crippen LogP contribution in [-0.2, 0) is 13.0 Å². The monoisotopic (exact) mass is 350 g/mol. The van der Waals surface area contributed by atoms with Crippen molar-refractivity contribution in [3.8, 4) is 12.3 Å². The first kappa shape index (κ1) is 19.6.